The van der Waals surface area contributed by atoms with Gasteiger partial charge in [0, 0.05) is 48.7 Å². The van der Waals surface area contributed by atoms with Crippen molar-refractivity contribution in [2.45, 2.75) is 33.2 Å². The van der Waals surface area contributed by atoms with Gasteiger partial charge in [-0.05, 0) is 51.0 Å². The van der Waals surface area contributed by atoms with Crippen LogP contribution in [0.15, 0.2) is 30.5 Å². The lowest BCUT2D eigenvalue weighted by Crippen LogP contribution is -2.66. The number of nitrogens with one attached hydrogen (secondary N) is 1. The van der Waals surface area contributed by atoms with Crippen molar-refractivity contribution < 1.29 is 9.18 Å². The third kappa shape index (κ3) is 3.26. The molecule has 2 aromatic heterocycles. The van der Waals surface area contributed by atoms with Crippen molar-refractivity contribution in [2.75, 3.05) is 24.5 Å². The maximum absolute atomic E-state index is 14.6. The van der Waals surface area contributed by atoms with Crippen LogP contribution in [-0.2, 0) is 0 Å². The lowest BCUT2D eigenvalue weighted by Gasteiger charge is -2.53. The standard InChI is InChI=1S/C23H25FN6O/c1-13-14(2)26-23(27-15(13)3)29-10-8-16-11-30(20(16)12-29)22(31)17-5-4-6-18(24)21(17)19-7-9-25-28-19/h4-7,9,16,20H,8,10-12H2,1-3H3,(H,25,28)/t16-,20-/m1/s1. The number of aromatic nitrogens is 4. The van der Waals surface area contributed by atoms with Crippen LogP contribution < -0.4 is 4.90 Å². The molecule has 0 unspecified atom stereocenters. The van der Waals surface area contributed by atoms with E-state index in [4.69, 9.17) is 0 Å². The van der Waals surface area contributed by atoms with Gasteiger partial charge in [0.25, 0.3) is 5.91 Å². The van der Waals surface area contributed by atoms with Crippen molar-refractivity contribution in [3.05, 3.63) is 58.8 Å². The number of anilines is 1. The van der Waals surface area contributed by atoms with E-state index in [2.05, 4.69) is 25.1 Å². The van der Waals surface area contributed by atoms with Gasteiger partial charge in [0.2, 0.25) is 5.95 Å². The third-order valence-electron chi connectivity index (χ3n) is 6.73. The van der Waals surface area contributed by atoms with Crippen LogP contribution in [0.3, 0.4) is 0 Å². The van der Waals surface area contributed by atoms with Gasteiger partial charge in [-0.2, -0.15) is 5.10 Å². The number of hydrogen-bond acceptors (Lipinski definition) is 5. The summed E-state index contributed by atoms with van der Waals surface area (Å²) in [6.07, 6.45) is 2.54. The topological polar surface area (TPSA) is 78.0 Å². The summed E-state index contributed by atoms with van der Waals surface area (Å²) >= 11 is 0. The highest BCUT2D eigenvalue weighted by atomic mass is 19.1. The summed E-state index contributed by atoms with van der Waals surface area (Å²) in [7, 11) is 0. The summed E-state index contributed by atoms with van der Waals surface area (Å²) in [5.41, 5.74) is 4.21. The van der Waals surface area contributed by atoms with Crippen molar-refractivity contribution >= 4 is 11.9 Å². The number of likely N-dealkylation sites (tertiary alicyclic amines) is 1. The Balaban J connectivity index is 1.40. The van der Waals surface area contributed by atoms with Crippen LogP contribution in [0, 0.1) is 32.5 Å². The number of amides is 1. The monoisotopic (exact) mass is 420 g/mol. The van der Waals surface area contributed by atoms with Gasteiger partial charge in [-0.15, -0.1) is 0 Å². The summed E-state index contributed by atoms with van der Waals surface area (Å²) in [4.78, 5) is 26.8. The molecule has 1 N–H and O–H groups in total. The van der Waals surface area contributed by atoms with E-state index >= 15 is 0 Å². The Morgan fingerprint density at radius 2 is 1.90 bits per heavy atom. The lowest BCUT2D eigenvalue weighted by atomic mass is 9.81. The zero-order valence-corrected chi connectivity index (χ0v) is 17.9. The number of benzene rings is 1. The predicted octanol–water partition coefficient (Wildman–Crippen LogP) is 3.28. The maximum atomic E-state index is 14.6. The van der Waals surface area contributed by atoms with Crippen LogP contribution in [0.5, 0.6) is 0 Å². The first-order chi connectivity index (χ1) is 14.9. The average Bonchev–Trinajstić information content (AvgIpc) is 3.26. The van der Waals surface area contributed by atoms with Crippen molar-refractivity contribution in [1.82, 2.24) is 25.1 Å². The second-order valence-electron chi connectivity index (χ2n) is 8.47. The molecule has 2 aliphatic heterocycles. The Bertz CT molecular complexity index is 1120. The first-order valence-electron chi connectivity index (χ1n) is 10.6. The van der Waals surface area contributed by atoms with Gasteiger partial charge in [-0.25, -0.2) is 14.4 Å². The van der Waals surface area contributed by atoms with E-state index in [9.17, 15) is 9.18 Å². The fraction of sp³-hybridized carbons (Fsp3) is 0.391. The first kappa shape index (κ1) is 19.7. The first-order valence-corrected chi connectivity index (χ1v) is 10.6. The molecule has 3 aromatic rings. The molecule has 7 nitrogen and oxygen atoms in total. The number of fused-ring (bicyclic) bond motifs is 1. The normalized spacial score (nSPS) is 20.4. The molecule has 0 spiro atoms. The molecule has 0 saturated carbocycles. The summed E-state index contributed by atoms with van der Waals surface area (Å²) in [6, 6.07) is 6.39. The summed E-state index contributed by atoms with van der Waals surface area (Å²) in [5, 5.41) is 6.69. The van der Waals surface area contributed by atoms with E-state index in [-0.39, 0.29) is 17.5 Å². The number of aromatic amines is 1. The highest BCUT2D eigenvalue weighted by molar-refractivity contribution is 6.01. The molecule has 31 heavy (non-hydrogen) atoms. The van der Waals surface area contributed by atoms with E-state index < -0.39 is 5.82 Å². The van der Waals surface area contributed by atoms with E-state index in [1.54, 1.807) is 24.4 Å². The number of hydrogen-bond donors (Lipinski definition) is 1. The largest absolute Gasteiger partial charge is 0.339 e. The number of nitrogens with zero attached hydrogens (tertiary/aromatic N) is 5. The van der Waals surface area contributed by atoms with Crippen LogP contribution in [0.25, 0.3) is 11.3 Å². The minimum Gasteiger partial charge on any atom is -0.339 e. The van der Waals surface area contributed by atoms with E-state index in [0.29, 0.717) is 30.3 Å². The number of carbonyl (C=O) groups is 1. The van der Waals surface area contributed by atoms with Crippen LogP contribution in [0.1, 0.15) is 33.7 Å². The van der Waals surface area contributed by atoms with Crippen molar-refractivity contribution in [3.63, 3.8) is 0 Å². The highest BCUT2D eigenvalue weighted by Gasteiger charge is 2.46. The minimum absolute atomic E-state index is 0.0737. The molecule has 0 aliphatic carbocycles. The van der Waals surface area contributed by atoms with Gasteiger partial charge >= 0.3 is 0 Å². The molecule has 2 fully saturated rings. The van der Waals surface area contributed by atoms with Gasteiger partial charge in [0.15, 0.2) is 0 Å². The van der Waals surface area contributed by atoms with Crippen LogP contribution in [-0.4, -0.2) is 56.6 Å². The molecular formula is C23H25FN6O. The quantitative estimate of drug-likeness (QED) is 0.704. The third-order valence-corrected chi connectivity index (χ3v) is 6.73. The van der Waals surface area contributed by atoms with Crippen molar-refractivity contribution in [2.24, 2.45) is 5.92 Å². The van der Waals surface area contributed by atoms with Gasteiger partial charge in [-0.3, -0.25) is 9.89 Å². The highest BCUT2D eigenvalue weighted by Crippen LogP contribution is 2.36. The fourth-order valence-electron chi connectivity index (χ4n) is 4.63. The van der Waals surface area contributed by atoms with Gasteiger partial charge in [0.05, 0.1) is 17.3 Å². The van der Waals surface area contributed by atoms with E-state index in [1.165, 1.54) is 6.07 Å². The Labute approximate surface area is 180 Å². The van der Waals surface area contributed by atoms with Gasteiger partial charge in [0.1, 0.15) is 5.82 Å². The second-order valence-corrected chi connectivity index (χ2v) is 8.47. The SMILES string of the molecule is Cc1nc(N2CC[C@@H]3CN(C(=O)c4cccc(F)c4-c4ccn[nH]4)[C@@H]3C2)nc(C)c1C. The predicted molar refractivity (Wildman–Crippen MR) is 115 cm³/mol. The van der Waals surface area contributed by atoms with E-state index in [0.717, 1.165) is 35.9 Å². The summed E-state index contributed by atoms with van der Waals surface area (Å²) < 4.78 is 14.6. The maximum Gasteiger partial charge on any atom is 0.254 e. The smallest absolute Gasteiger partial charge is 0.254 e. The molecule has 160 valence electrons. The van der Waals surface area contributed by atoms with Crippen LogP contribution in [0.4, 0.5) is 10.3 Å². The number of halogens is 1. The zero-order chi connectivity index (χ0) is 21.7. The van der Waals surface area contributed by atoms with Crippen molar-refractivity contribution in [1.29, 1.82) is 0 Å². The molecule has 8 heteroatoms. The second kappa shape index (κ2) is 7.44. The molecule has 1 aromatic carbocycles. The number of rotatable bonds is 3. The summed E-state index contributed by atoms with van der Waals surface area (Å²) in [5.74, 6) is 0.597. The van der Waals surface area contributed by atoms with Gasteiger partial charge < -0.3 is 9.80 Å². The molecule has 0 bridgehead atoms. The number of carbonyl (C=O) groups excluding carboxylic acids is 1. The molecule has 1 amide bonds. The van der Waals surface area contributed by atoms with Crippen LogP contribution in [0.2, 0.25) is 0 Å². The van der Waals surface area contributed by atoms with Crippen molar-refractivity contribution in [3.8, 4) is 11.3 Å². The number of H-pyrrole nitrogens is 1. The van der Waals surface area contributed by atoms with E-state index in [1.807, 2.05) is 25.7 Å². The molecular weight excluding hydrogens is 395 g/mol. The number of aryl methyl sites for hydroxylation is 2. The Morgan fingerprint density at radius 3 is 2.61 bits per heavy atom. The lowest BCUT2D eigenvalue weighted by molar-refractivity contribution is 0.00771. The fourth-order valence-corrected chi connectivity index (χ4v) is 4.63. The van der Waals surface area contributed by atoms with Crippen LogP contribution >= 0.6 is 0 Å². The molecule has 2 aliphatic rings. The Kier molecular flexibility index (Phi) is 4.72. The molecule has 2 saturated heterocycles. The number of piperidine rings is 1. The molecule has 0 radical (unpaired) electrons. The molecule has 5 rings (SSSR count). The Morgan fingerprint density at radius 1 is 1.13 bits per heavy atom. The molecule has 4 heterocycles. The molecule has 2 atom stereocenters. The van der Waals surface area contributed by atoms with Gasteiger partial charge in [-0.1, -0.05) is 6.07 Å². The zero-order valence-electron chi connectivity index (χ0n) is 17.9. The summed E-state index contributed by atoms with van der Waals surface area (Å²) in [6.45, 7) is 8.30. The Hall–Kier alpha value is -3.29. The minimum atomic E-state index is -0.434. The average molecular weight is 420 g/mol.